The SMILES string of the molecule is Cc1cc(C(=O)N2C[C@H]3C[C@@H]2[C@@H]3C(=O)NCCc2cccs2)no1. The fraction of sp³-hybridized carbons (Fsp3) is 0.471. The first kappa shape index (κ1) is 15.4. The first-order valence-corrected chi connectivity index (χ1v) is 9.06. The average molecular weight is 345 g/mol. The molecule has 5 rings (SSSR count). The number of aryl methyl sites for hydroxylation is 1. The van der Waals surface area contributed by atoms with E-state index in [4.69, 9.17) is 4.52 Å². The van der Waals surface area contributed by atoms with Crippen LogP contribution in [0.25, 0.3) is 0 Å². The molecule has 126 valence electrons. The van der Waals surface area contributed by atoms with E-state index < -0.39 is 0 Å². The van der Waals surface area contributed by atoms with Crippen LogP contribution < -0.4 is 5.32 Å². The van der Waals surface area contributed by atoms with Crippen molar-refractivity contribution in [2.45, 2.75) is 25.8 Å². The first-order valence-electron chi connectivity index (χ1n) is 8.18. The molecule has 1 saturated carbocycles. The molecule has 0 radical (unpaired) electrons. The Kier molecular flexibility index (Phi) is 3.88. The van der Waals surface area contributed by atoms with Gasteiger partial charge < -0.3 is 14.7 Å². The lowest BCUT2D eigenvalue weighted by atomic mass is 9.73. The zero-order chi connectivity index (χ0) is 16.7. The van der Waals surface area contributed by atoms with Gasteiger partial charge in [0.25, 0.3) is 5.91 Å². The third-order valence-corrected chi connectivity index (χ3v) is 5.90. The molecule has 2 aliphatic heterocycles. The number of thiophene rings is 1. The Balaban J connectivity index is 1.33. The summed E-state index contributed by atoms with van der Waals surface area (Å²) < 4.78 is 4.98. The van der Waals surface area contributed by atoms with Crippen molar-refractivity contribution in [3.05, 3.63) is 39.9 Å². The molecule has 3 atom stereocenters. The zero-order valence-electron chi connectivity index (χ0n) is 13.4. The Labute approximate surface area is 143 Å². The molecule has 2 saturated heterocycles. The summed E-state index contributed by atoms with van der Waals surface area (Å²) in [6.45, 7) is 3.04. The molecule has 2 bridgehead atoms. The summed E-state index contributed by atoms with van der Waals surface area (Å²) in [4.78, 5) is 28.0. The van der Waals surface area contributed by atoms with Crippen molar-refractivity contribution in [2.24, 2.45) is 11.8 Å². The molecular weight excluding hydrogens is 326 g/mol. The molecule has 24 heavy (non-hydrogen) atoms. The quantitative estimate of drug-likeness (QED) is 0.897. The van der Waals surface area contributed by atoms with Crippen molar-refractivity contribution in [1.29, 1.82) is 0 Å². The molecular formula is C17H19N3O3S. The lowest BCUT2D eigenvalue weighted by molar-refractivity contribution is -0.129. The molecule has 4 heterocycles. The number of amides is 2. The predicted octanol–water partition coefficient (Wildman–Crippen LogP) is 1.86. The van der Waals surface area contributed by atoms with E-state index in [9.17, 15) is 9.59 Å². The maximum atomic E-state index is 12.5. The maximum Gasteiger partial charge on any atom is 0.276 e. The van der Waals surface area contributed by atoms with E-state index in [1.54, 1.807) is 29.2 Å². The maximum absolute atomic E-state index is 12.5. The topological polar surface area (TPSA) is 75.4 Å². The van der Waals surface area contributed by atoms with E-state index in [0.717, 1.165) is 12.8 Å². The molecule has 2 amide bonds. The predicted molar refractivity (Wildman–Crippen MR) is 88.7 cm³/mol. The van der Waals surface area contributed by atoms with Crippen LogP contribution in [0, 0.1) is 18.8 Å². The number of carbonyl (C=O) groups is 2. The summed E-state index contributed by atoms with van der Waals surface area (Å²) >= 11 is 1.70. The fourth-order valence-corrected chi connectivity index (χ4v) is 4.45. The van der Waals surface area contributed by atoms with Crippen molar-refractivity contribution in [3.63, 3.8) is 0 Å². The van der Waals surface area contributed by atoms with Crippen LogP contribution in [0.1, 0.15) is 27.5 Å². The summed E-state index contributed by atoms with van der Waals surface area (Å²) in [6.07, 6.45) is 1.76. The molecule has 6 nitrogen and oxygen atoms in total. The van der Waals surface area contributed by atoms with Crippen LogP contribution in [-0.2, 0) is 11.2 Å². The summed E-state index contributed by atoms with van der Waals surface area (Å²) in [7, 11) is 0. The van der Waals surface area contributed by atoms with Crippen molar-refractivity contribution >= 4 is 23.2 Å². The minimum atomic E-state index is -0.131. The number of hydrogen-bond donors (Lipinski definition) is 1. The van der Waals surface area contributed by atoms with Gasteiger partial charge in [-0.2, -0.15) is 0 Å². The Morgan fingerprint density at radius 1 is 1.50 bits per heavy atom. The fourth-order valence-electron chi connectivity index (χ4n) is 3.74. The standard InChI is InChI=1S/C17H19N3O3S/c1-10-7-13(19-23-10)17(22)20-9-11-8-14(20)15(11)16(21)18-5-4-12-3-2-6-24-12/h2-3,6-7,11,14-15H,4-5,8-9H2,1H3,(H,18,21)/t11-,14-,15-/m1/s1. The van der Waals surface area contributed by atoms with E-state index in [2.05, 4.69) is 16.5 Å². The monoisotopic (exact) mass is 345 g/mol. The van der Waals surface area contributed by atoms with Crippen LogP contribution in [0.3, 0.4) is 0 Å². The highest BCUT2D eigenvalue weighted by Gasteiger charge is 2.57. The van der Waals surface area contributed by atoms with Crippen LogP contribution >= 0.6 is 11.3 Å². The van der Waals surface area contributed by atoms with Crippen LogP contribution in [0.5, 0.6) is 0 Å². The van der Waals surface area contributed by atoms with Crippen LogP contribution in [0.15, 0.2) is 28.1 Å². The minimum absolute atomic E-state index is 0.00115. The Hall–Kier alpha value is -2.15. The second-order valence-corrected chi connectivity index (χ2v) is 7.52. The Morgan fingerprint density at radius 3 is 3.08 bits per heavy atom. The van der Waals surface area contributed by atoms with Gasteiger partial charge in [-0.05, 0) is 37.1 Å². The van der Waals surface area contributed by atoms with E-state index in [0.29, 0.717) is 24.5 Å². The molecule has 1 aliphatic carbocycles. The largest absolute Gasteiger partial charge is 0.361 e. The molecule has 7 heteroatoms. The highest BCUT2D eigenvalue weighted by atomic mass is 32.1. The normalized spacial score (nSPS) is 24.7. The van der Waals surface area contributed by atoms with Crippen molar-refractivity contribution in [1.82, 2.24) is 15.4 Å². The highest BCUT2D eigenvalue weighted by Crippen LogP contribution is 2.46. The highest BCUT2D eigenvalue weighted by molar-refractivity contribution is 7.09. The number of aromatic nitrogens is 1. The summed E-state index contributed by atoms with van der Waals surface area (Å²) in [5.74, 6) is 0.749. The number of carbonyl (C=O) groups excluding carboxylic acids is 2. The van der Waals surface area contributed by atoms with Gasteiger partial charge in [0, 0.05) is 30.1 Å². The molecule has 2 aromatic heterocycles. The van der Waals surface area contributed by atoms with E-state index in [1.165, 1.54) is 4.88 Å². The van der Waals surface area contributed by atoms with E-state index in [1.807, 2.05) is 11.4 Å². The number of fused-ring (bicyclic) bond motifs is 1. The van der Waals surface area contributed by atoms with Crippen molar-refractivity contribution < 1.29 is 14.1 Å². The zero-order valence-corrected chi connectivity index (χ0v) is 14.2. The molecule has 2 aromatic rings. The molecule has 0 spiro atoms. The third kappa shape index (κ3) is 2.62. The average Bonchev–Trinajstić information content (AvgIpc) is 3.30. The molecule has 3 fully saturated rings. The summed E-state index contributed by atoms with van der Waals surface area (Å²) in [6, 6.07) is 5.74. The smallest absolute Gasteiger partial charge is 0.276 e. The minimum Gasteiger partial charge on any atom is -0.361 e. The van der Waals surface area contributed by atoms with Gasteiger partial charge in [0.05, 0.1) is 5.92 Å². The van der Waals surface area contributed by atoms with E-state index >= 15 is 0 Å². The van der Waals surface area contributed by atoms with Gasteiger partial charge in [-0.25, -0.2) is 0 Å². The summed E-state index contributed by atoms with van der Waals surface area (Å²) in [5, 5.41) is 8.86. The first-order chi connectivity index (χ1) is 11.6. The summed E-state index contributed by atoms with van der Waals surface area (Å²) in [5.41, 5.74) is 0.330. The van der Waals surface area contributed by atoms with Crippen LogP contribution in [-0.4, -0.2) is 41.0 Å². The van der Waals surface area contributed by atoms with Gasteiger partial charge in [0.2, 0.25) is 5.91 Å². The molecule has 0 aromatic carbocycles. The Bertz CT molecular complexity index is 755. The van der Waals surface area contributed by atoms with Crippen molar-refractivity contribution in [3.8, 4) is 0 Å². The second kappa shape index (κ2) is 6.05. The molecule has 3 aliphatic rings. The number of nitrogens with one attached hydrogen (secondary N) is 1. The molecule has 0 unspecified atom stereocenters. The van der Waals surface area contributed by atoms with Gasteiger partial charge in [-0.15, -0.1) is 11.3 Å². The lowest BCUT2D eigenvalue weighted by Crippen LogP contribution is -2.49. The van der Waals surface area contributed by atoms with Crippen LogP contribution in [0.4, 0.5) is 0 Å². The lowest BCUT2D eigenvalue weighted by Gasteiger charge is -2.35. The number of hydrogen-bond acceptors (Lipinski definition) is 5. The van der Waals surface area contributed by atoms with Gasteiger partial charge in [-0.1, -0.05) is 11.2 Å². The molecule has 1 N–H and O–H groups in total. The van der Waals surface area contributed by atoms with E-state index in [-0.39, 0.29) is 29.7 Å². The van der Waals surface area contributed by atoms with Gasteiger partial charge in [-0.3, -0.25) is 9.59 Å². The van der Waals surface area contributed by atoms with Gasteiger partial charge >= 0.3 is 0 Å². The number of nitrogens with zero attached hydrogens (tertiary/aromatic N) is 2. The van der Waals surface area contributed by atoms with Crippen molar-refractivity contribution in [2.75, 3.05) is 13.1 Å². The van der Waals surface area contributed by atoms with Crippen LogP contribution in [0.2, 0.25) is 0 Å². The van der Waals surface area contributed by atoms with Gasteiger partial charge in [0.15, 0.2) is 5.69 Å². The third-order valence-electron chi connectivity index (χ3n) is 4.96. The second-order valence-electron chi connectivity index (χ2n) is 6.49. The van der Waals surface area contributed by atoms with Gasteiger partial charge in [0.1, 0.15) is 5.76 Å². The number of rotatable bonds is 5. The Morgan fingerprint density at radius 2 is 2.38 bits per heavy atom.